The molecule has 0 spiro atoms. The van der Waals surface area contributed by atoms with E-state index < -0.39 is 5.82 Å². The van der Waals surface area contributed by atoms with Gasteiger partial charge in [0.05, 0.1) is 10.0 Å². The Balaban J connectivity index is 2.20. The van der Waals surface area contributed by atoms with Gasteiger partial charge in [0.2, 0.25) is 0 Å². The Morgan fingerprint density at radius 3 is 2.95 bits per heavy atom. The van der Waals surface area contributed by atoms with Gasteiger partial charge in [-0.25, -0.2) is 4.39 Å². The van der Waals surface area contributed by atoms with E-state index in [4.69, 9.17) is 0 Å². The summed E-state index contributed by atoms with van der Waals surface area (Å²) in [6, 6.07) is 4.40. The first kappa shape index (κ1) is 14.2. The van der Waals surface area contributed by atoms with Gasteiger partial charge in [-0.15, -0.1) is 0 Å². The number of piperidine rings is 1. The van der Waals surface area contributed by atoms with Crippen molar-refractivity contribution < 1.29 is 14.0 Å². The summed E-state index contributed by atoms with van der Waals surface area (Å²) < 4.78 is 13.6. The normalized spacial score (nSPS) is 19.6. The van der Waals surface area contributed by atoms with Crippen molar-refractivity contribution in [1.82, 2.24) is 4.90 Å². The number of carbonyl (C=O) groups excluding carboxylic acids is 2. The average Bonchev–Trinajstić information content (AvgIpc) is 2.41. The molecule has 102 valence electrons. The Labute approximate surface area is 119 Å². The van der Waals surface area contributed by atoms with Crippen LogP contribution in [0.15, 0.2) is 22.7 Å². The maximum Gasteiger partial charge on any atom is 0.255 e. The van der Waals surface area contributed by atoms with Crippen molar-refractivity contribution in [2.75, 3.05) is 13.1 Å². The molecule has 0 bridgehead atoms. The molecule has 1 amide bonds. The molecule has 1 aromatic rings. The third-order valence-electron chi connectivity index (χ3n) is 3.49. The van der Waals surface area contributed by atoms with Crippen molar-refractivity contribution in [2.24, 2.45) is 5.92 Å². The van der Waals surface area contributed by atoms with Gasteiger partial charge in [0.1, 0.15) is 11.6 Å². The number of carbonyl (C=O) groups is 2. The minimum atomic E-state index is -0.453. The molecule has 0 radical (unpaired) electrons. The molecule has 1 fully saturated rings. The summed E-state index contributed by atoms with van der Waals surface area (Å²) in [6.45, 7) is 2.78. The fourth-order valence-corrected chi connectivity index (χ4v) is 2.72. The summed E-state index contributed by atoms with van der Waals surface area (Å²) in [7, 11) is 0. The van der Waals surface area contributed by atoms with E-state index in [1.807, 2.05) is 6.92 Å². The van der Waals surface area contributed by atoms with E-state index in [2.05, 4.69) is 15.9 Å². The van der Waals surface area contributed by atoms with Crippen LogP contribution >= 0.6 is 15.9 Å². The highest BCUT2D eigenvalue weighted by atomic mass is 79.9. The van der Waals surface area contributed by atoms with E-state index in [-0.39, 0.29) is 22.1 Å². The van der Waals surface area contributed by atoms with Gasteiger partial charge in [-0.05, 0) is 34.5 Å². The molecule has 3 nitrogen and oxygen atoms in total. The molecule has 1 heterocycles. The number of nitrogens with zero attached hydrogens (tertiary/aromatic N) is 1. The quantitative estimate of drug-likeness (QED) is 0.837. The average molecular weight is 328 g/mol. The molecule has 2 rings (SSSR count). The summed E-state index contributed by atoms with van der Waals surface area (Å²) in [5.74, 6) is -0.557. The fourth-order valence-electron chi connectivity index (χ4n) is 2.29. The zero-order chi connectivity index (χ0) is 14.0. The zero-order valence-corrected chi connectivity index (χ0v) is 12.2. The Hall–Kier alpha value is -1.23. The molecule has 1 aliphatic heterocycles. The topological polar surface area (TPSA) is 37.4 Å². The number of Topliss-reactive ketones (excluding diaryl/α,β-unsaturated/α-hetero) is 1. The van der Waals surface area contributed by atoms with Crippen LogP contribution in [-0.2, 0) is 4.79 Å². The van der Waals surface area contributed by atoms with E-state index in [0.29, 0.717) is 25.1 Å². The molecule has 1 atom stereocenters. The lowest BCUT2D eigenvalue weighted by Crippen LogP contribution is -2.44. The van der Waals surface area contributed by atoms with Gasteiger partial charge in [0.15, 0.2) is 0 Å². The Morgan fingerprint density at radius 2 is 2.26 bits per heavy atom. The molecule has 5 heteroatoms. The first-order chi connectivity index (χ1) is 9.04. The molecular weight excluding hydrogens is 313 g/mol. The summed E-state index contributed by atoms with van der Waals surface area (Å²) in [5.41, 5.74) is 0.309. The lowest BCUT2D eigenvalue weighted by Gasteiger charge is -2.31. The van der Waals surface area contributed by atoms with Gasteiger partial charge in [-0.2, -0.15) is 0 Å². The van der Waals surface area contributed by atoms with Crippen LogP contribution in [0.5, 0.6) is 0 Å². The predicted octanol–water partition coefficient (Wildman–Crippen LogP) is 3.03. The van der Waals surface area contributed by atoms with E-state index in [1.165, 1.54) is 12.1 Å². The minimum Gasteiger partial charge on any atom is -0.337 e. The summed E-state index contributed by atoms with van der Waals surface area (Å²) >= 11 is 3.10. The minimum absolute atomic E-state index is 0.0926. The van der Waals surface area contributed by atoms with Gasteiger partial charge < -0.3 is 4.90 Å². The lowest BCUT2D eigenvalue weighted by atomic mass is 9.93. The summed E-state index contributed by atoms with van der Waals surface area (Å²) in [4.78, 5) is 25.6. The highest BCUT2D eigenvalue weighted by molar-refractivity contribution is 9.10. The van der Waals surface area contributed by atoms with E-state index in [9.17, 15) is 14.0 Å². The van der Waals surface area contributed by atoms with E-state index in [1.54, 1.807) is 11.0 Å². The zero-order valence-electron chi connectivity index (χ0n) is 10.7. The predicted molar refractivity (Wildman–Crippen MR) is 73.4 cm³/mol. The highest BCUT2D eigenvalue weighted by Crippen LogP contribution is 2.24. The number of hydrogen-bond donors (Lipinski definition) is 0. The standard InChI is InChI=1S/C14H15BrFNO2/c1-2-9-8-17(7-6-12(9)18)14(19)10-4-3-5-11(16)13(10)15/h3-5,9H,2,6-8H2,1H3. The number of rotatable bonds is 2. The molecular formula is C14H15BrFNO2. The first-order valence-electron chi connectivity index (χ1n) is 6.30. The highest BCUT2D eigenvalue weighted by Gasteiger charge is 2.30. The van der Waals surface area contributed by atoms with Crippen molar-refractivity contribution >= 4 is 27.6 Å². The van der Waals surface area contributed by atoms with Gasteiger partial charge in [0.25, 0.3) is 5.91 Å². The largest absolute Gasteiger partial charge is 0.337 e. The Morgan fingerprint density at radius 1 is 1.53 bits per heavy atom. The third kappa shape index (κ3) is 2.86. The number of halogens is 2. The molecule has 19 heavy (non-hydrogen) atoms. The summed E-state index contributed by atoms with van der Waals surface area (Å²) in [5, 5.41) is 0. The van der Waals surface area contributed by atoms with Crippen molar-refractivity contribution in [3.05, 3.63) is 34.1 Å². The number of likely N-dealkylation sites (tertiary alicyclic amines) is 1. The molecule has 0 saturated carbocycles. The first-order valence-corrected chi connectivity index (χ1v) is 7.10. The smallest absolute Gasteiger partial charge is 0.255 e. The Kier molecular flexibility index (Phi) is 4.34. The monoisotopic (exact) mass is 327 g/mol. The second kappa shape index (κ2) is 5.82. The summed E-state index contributed by atoms with van der Waals surface area (Å²) in [6.07, 6.45) is 1.12. The van der Waals surface area contributed by atoms with Gasteiger partial charge in [-0.3, -0.25) is 9.59 Å². The van der Waals surface area contributed by atoms with Crippen molar-refractivity contribution in [2.45, 2.75) is 19.8 Å². The number of amides is 1. The molecule has 1 aromatic carbocycles. The maximum absolute atomic E-state index is 13.4. The Bertz CT molecular complexity index is 518. The maximum atomic E-state index is 13.4. The lowest BCUT2D eigenvalue weighted by molar-refractivity contribution is -0.125. The van der Waals surface area contributed by atoms with Crippen LogP contribution in [0.25, 0.3) is 0 Å². The van der Waals surface area contributed by atoms with Crippen molar-refractivity contribution in [1.29, 1.82) is 0 Å². The number of benzene rings is 1. The molecule has 0 N–H and O–H groups in total. The van der Waals surface area contributed by atoms with Crippen LogP contribution in [0.1, 0.15) is 30.1 Å². The molecule has 0 aromatic heterocycles. The second-order valence-corrected chi connectivity index (χ2v) is 5.47. The van der Waals surface area contributed by atoms with Crippen molar-refractivity contribution in [3.8, 4) is 0 Å². The van der Waals surface area contributed by atoms with Crippen LogP contribution < -0.4 is 0 Å². The van der Waals surface area contributed by atoms with Crippen LogP contribution in [0.3, 0.4) is 0 Å². The number of ketones is 1. The van der Waals surface area contributed by atoms with Crippen LogP contribution in [0.4, 0.5) is 4.39 Å². The van der Waals surface area contributed by atoms with Crippen LogP contribution in [0, 0.1) is 11.7 Å². The van der Waals surface area contributed by atoms with Crippen LogP contribution in [0.2, 0.25) is 0 Å². The third-order valence-corrected chi connectivity index (χ3v) is 4.29. The molecule has 0 aliphatic carbocycles. The van der Waals surface area contributed by atoms with E-state index in [0.717, 1.165) is 6.42 Å². The number of hydrogen-bond acceptors (Lipinski definition) is 2. The van der Waals surface area contributed by atoms with E-state index >= 15 is 0 Å². The van der Waals surface area contributed by atoms with Gasteiger partial charge in [0, 0.05) is 25.4 Å². The van der Waals surface area contributed by atoms with Gasteiger partial charge >= 0.3 is 0 Å². The second-order valence-electron chi connectivity index (χ2n) is 4.67. The van der Waals surface area contributed by atoms with Crippen LogP contribution in [-0.4, -0.2) is 29.7 Å². The molecule has 1 aliphatic rings. The molecule has 1 saturated heterocycles. The van der Waals surface area contributed by atoms with Gasteiger partial charge in [-0.1, -0.05) is 13.0 Å². The van der Waals surface area contributed by atoms with Crippen molar-refractivity contribution in [3.63, 3.8) is 0 Å². The fraction of sp³-hybridized carbons (Fsp3) is 0.429. The SMILES string of the molecule is CCC1CN(C(=O)c2cccc(F)c2Br)CCC1=O. The molecule has 1 unspecified atom stereocenters.